The molecule has 1 aliphatic rings. The van der Waals surface area contributed by atoms with Crippen LogP contribution in [-0.4, -0.2) is 5.78 Å². The molecule has 0 atom stereocenters. The average molecular weight is 242 g/mol. The van der Waals surface area contributed by atoms with Gasteiger partial charge in [-0.15, -0.1) is 0 Å². The van der Waals surface area contributed by atoms with E-state index < -0.39 is 0 Å². The fraction of sp³-hybridized carbons (Fsp3) is 0.438. The van der Waals surface area contributed by atoms with Crippen LogP contribution < -0.4 is 0 Å². The third kappa shape index (κ3) is 1.96. The maximum Gasteiger partial charge on any atom is 0.201 e. The maximum atomic E-state index is 12.0. The van der Waals surface area contributed by atoms with Crippen LogP contribution in [0.5, 0.6) is 0 Å². The van der Waals surface area contributed by atoms with Gasteiger partial charge in [0.15, 0.2) is 5.76 Å². The van der Waals surface area contributed by atoms with Crippen molar-refractivity contribution in [3.05, 3.63) is 35.6 Å². The van der Waals surface area contributed by atoms with Crippen molar-refractivity contribution < 1.29 is 9.21 Å². The van der Waals surface area contributed by atoms with Gasteiger partial charge in [0, 0.05) is 11.3 Å². The third-order valence-corrected chi connectivity index (χ3v) is 3.57. The van der Waals surface area contributed by atoms with Crippen molar-refractivity contribution in [3.8, 4) is 0 Å². The van der Waals surface area contributed by atoms with E-state index in [0.29, 0.717) is 5.76 Å². The second-order valence-corrected chi connectivity index (χ2v) is 6.25. The lowest BCUT2D eigenvalue weighted by atomic mass is 9.86. The predicted octanol–water partition coefficient (Wildman–Crippen LogP) is 4.32. The van der Waals surface area contributed by atoms with Crippen LogP contribution in [0.15, 0.2) is 28.7 Å². The first kappa shape index (κ1) is 11.5. The molecule has 1 aliphatic carbocycles. The molecule has 3 rings (SSSR count). The van der Waals surface area contributed by atoms with Gasteiger partial charge >= 0.3 is 0 Å². The van der Waals surface area contributed by atoms with Crippen LogP contribution >= 0.6 is 0 Å². The Bertz CT molecular complexity index is 610. The highest BCUT2D eigenvalue weighted by Gasteiger charge is 2.32. The Morgan fingerprint density at radius 1 is 1.22 bits per heavy atom. The molecule has 0 saturated heterocycles. The predicted molar refractivity (Wildman–Crippen MR) is 72.0 cm³/mol. The number of fused-ring (bicyclic) bond motifs is 1. The lowest BCUT2D eigenvalue weighted by Gasteiger charge is -2.18. The van der Waals surface area contributed by atoms with Gasteiger partial charge in [-0.1, -0.05) is 26.8 Å². The van der Waals surface area contributed by atoms with Crippen molar-refractivity contribution in [2.45, 2.75) is 39.0 Å². The van der Waals surface area contributed by atoms with Crippen molar-refractivity contribution in [2.75, 3.05) is 0 Å². The molecule has 1 heterocycles. The van der Waals surface area contributed by atoms with E-state index in [0.717, 1.165) is 23.8 Å². The van der Waals surface area contributed by atoms with Crippen molar-refractivity contribution in [2.24, 2.45) is 5.92 Å². The summed E-state index contributed by atoms with van der Waals surface area (Å²) < 4.78 is 5.65. The summed E-state index contributed by atoms with van der Waals surface area (Å²) >= 11 is 0. The number of ketones is 1. The van der Waals surface area contributed by atoms with Crippen LogP contribution in [0.2, 0.25) is 0 Å². The maximum absolute atomic E-state index is 12.0. The van der Waals surface area contributed by atoms with Gasteiger partial charge in [0.2, 0.25) is 5.78 Å². The molecule has 0 N–H and O–H groups in total. The topological polar surface area (TPSA) is 30.2 Å². The first-order valence-electron chi connectivity index (χ1n) is 6.53. The Kier molecular flexibility index (Phi) is 2.37. The molecule has 0 aliphatic heterocycles. The van der Waals surface area contributed by atoms with Crippen molar-refractivity contribution in [1.29, 1.82) is 0 Å². The summed E-state index contributed by atoms with van der Waals surface area (Å²) in [7, 11) is 0. The standard InChI is InChI=1S/C16H18O2/c1-16(2,3)12-6-7-13-11(8-12)9-14(18-13)15(17)10-4-5-10/h6-10H,4-5H2,1-3H3. The van der Waals surface area contributed by atoms with Gasteiger partial charge in [-0.25, -0.2) is 0 Å². The lowest BCUT2D eigenvalue weighted by molar-refractivity contribution is 0.0942. The number of hydrogen-bond donors (Lipinski definition) is 0. The molecule has 2 heteroatoms. The molecule has 1 fully saturated rings. The largest absolute Gasteiger partial charge is 0.453 e. The summed E-state index contributed by atoms with van der Waals surface area (Å²) in [6.45, 7) is 6.56. The molecular formula is C16H18O2. The van der Waals surface area contributed by atoms with Gasteiger partial charge in [0.1, 0.15) is 5.58 Å². The normalized spacial score (nSPS) is 16.2. The second kappa shape index (κ2) is 3.71. The minimum Gasteiger partial charge on any atom is -0.453 e. The summed E-state index contributed by atoms with van der Waals surface area (Å²) in [5.41, 5.74) is 2.19. The summed E-state index contributed by atoms with van der Waals surface area (Å²) in [5, 5.41) is 1.03. The number of hydrogen-bond acceptors (Lipinski definition) is 2. The lowest BCUT2D eigenvalue weighted by Crippen LogP contribution is -2.10. The minimum atomic E-state index is 0.117. The van der Waals surface area contributed by atoms with Gasteiger partial charge in [0.05, 0.1) is 0 Å². The SMILES string of the molecule is CC(C)(C)c1ccc2oc(C(=O)C3CC3)cc2c1. The number of Topliss-reactive ketones (excluding diaryl/α,β-unsaturated/α-hetero) is 1. The Morgan fingerprint density at radius 3 is 2.56 bits per heavy atom. The molecule has 2 aromatic rings. The van der Waals surface area contributed by atoms with Crippen molar-refractivity contribution in [1.82, 2.24) is 0 Å². The van der Waals surface area contributed by atoms with Gasteiger partial charge in [-0.05, 0) is 42.0 Å². The zero-order valence-corrected chi connectivity index (χ0v) is 11.1. The van der Waals surface area contributed by atoms with E-state index in [-0.39, 0.29) is 17.1 Å². The molecule has 94 valence electrons. The monoisotopic (exact) mass is 242 g/mol. The van der Waals surface area contributed by atoms with E-state index >= 15 is 0 Å². The number of furan rings is 1. The highest BCUT2D eigenvalue weighted by atomic mass is 16.3. The van der Waals surface area contributed by atoms with Crippen LogP contribution in [0, 0.1) is 5.92 Å². The zero-order valence-electron chi connectivity index (χ0n) is 11.1. The molecule has 18 heavy (non-hydrogen) atoms. The Balaban J connectivity index is 2.04. The van der Waals surface area contributed by atoms with E-state index in [1.807, 2.05) is 12.1 Å². The first-order valence-corrected chi connectivity index (χ1v) is 6.53. The van der Waals surface area contributed by atoms with E-state index in [1.165, 1.54) is 5.56 Å². The quantitative estimate of drug-likeness (QED) is 0.734. The van der Waals surface area contributed by atoms with E-state index in [9.17, 15) is 4.79 Å². The van der Waals surface area contributed by atoms with Crippen LogP contribution in [0.25, 0.3) is 11.0 Å². The van der Waals surface area contributed by atoms with Crippen LogP contribution in [0.4, 0.5) is 0 Å². The molecular weight excluding hydrogens is 224 g/mol. The van der Waals surface area contributed by atoms with Crippen LogP contribution in [0.1, 0.15) is 49.7 Å². The average Bonchev–Trinajstić information content (AvgIpc) is 3.05. The molecule has 0 radical (unpaired) electrons. The molecule has 1 saturated carbocycles. The Hall–Kier alpha value is -1.57. The summed E-state index contributed by atoms with van der Waals surface area (Å²) in [6.07, 6.45) is 2.03. The smallest absolute Gasteiger partial charge is 0.201 e. The van der Waals surface area contributed by atoms with E-state index in [1.54, 1.807) is 0 Å². The van der Waals surface area contributed by atoms with Crippen molar-refractivity contribution in [3.63, 3.8) is 0 Å². The van der Waals surface area contributed by atoms with Gasteiger partial charge in [-0.3, -0.25) is 4.79 Å². The van der Waals surface area contributed by atoms with Crippen LogP contribution in [-0.2, 0) is 5.41 Å². The summed E-state index contributed by atoms with van der Waals surface area (Å²) in [4.78, 5) is 12.0. The number of carbonyl (C=O) groups excluding carboxylic acids is 1. The highest BCUT2D eigenvalue weighted by Crippen LogP contribution is 2.35. The summed E-state index contributed by atoms with van der Waals surface area (Å²) in [5.74, 6) is 0.912. The Morgan fingerprint density at radius 2 is 1.94 bits per heavy atom. The van der Waals surface area contributed by atoms with Gasteiger partial charge < -0.3 is 4.42 Å². The number of benzene rings is 1. The van der Waals surface area contributed by atoms with Crippen molar-refractivity contribution >= 4 is 16.8 Å². The molecule has 2 nitrogen and oxygen atoms in total. The minimum absolute atomic E-state index is 0.117. The fourth-order valence-electron chi connectivity index (χ4n) is 2.18. The fourth-order valence-corrected chi connectivity index (χ4v) is 2.18. The third-order valence-electron chi connectivity index (χ3n) is 3.57. The van der Waals surface area contributed by atoms with Gasteiger partial charge in [-0.2, -0.15) is 0 Å². The highest BCUT2D eigenvalue weighted by molar-refractivity contribution is 6.00. The van der Waals surface area contributed by atoms with E-state index in [4.69, 9.17) is 4.42 Å². The summed E-state index contributed by atoms with van der Waals surface area (Å²) in [6, 6.07) is 8.07. The first-order chi connectivity index (χ1) is 8.45. The molecule has 0 bridgehead atoms. The molecule has 0 unspecified atom stereocenters. The molecule has 0 amide bonds. The molecule has 1 aromatic heterocycles. The van der Waals surface area contributed by atoms with Crippen LogP contribution in [0.3, 0.4) is 0 Å². The molecule has 0 spiro atoms. The second-order valence-electron chi connectivity index (χ2n) is 6.25. The van der Waals surface area contributed by atoms with E-state index in [2.05, 4.69) is 32.9 Å². The number of carbonyl (C=O) groups is 1. The Labute approximate surface area is 107 Å². The van der Waals surface area contributed by atoms with Gasteiger partial charge in [0.25, 0.3) is 0 Å². The zero-order chi connectivity index (χ0) is 12.9. The molecule has 1 aromatic carbocycles. The number of rotatable bonds is 2.